The molecule has 0 unspecified atom stereocenters. The van der Waals surface area contributed by atoms with Crippen molar-refractivity contribution in [2.24, 2.45) is 10.9 Å². The first-order valence-electron chi connectivity index (χ1n) is 5.40. The lowest BCUT2D eigenvalue weighted by Crippen LogP contribution is -2.16. The van der Waals surface area contributed by atoms with E-state index in [4.69, 9.17) is 0 Å². The van der Waals surface area contributed by atoms with Crippen LogP contribution in [0.1, 0.15) is 0 Å². The molecule has 1 aromatic heterocycles. The summed E-state index contributed by atoms with van der Waals surface area (Å²) in [5.74, 6) is -1.52. The zero-order valence-corrected chi connectivity index (χ0v) is 9.82. The number of fused-ring (bicyclic) bond motifs is 1. The summed E-state index contributed by atoms with van der Waals surface area (Å²) in [7, 11) is 1.25. The van der Waals surface area contributed by atoms with E-state index in [1.807, 2.05) is 0 Å². The van der Waals surface area contributed by atoms with E-state index in [9.17, 15) is 9.18 Å². The molecule has 2 heterocycles. The number of aliphatic imine (C=N–C) groups is 1. The van der Waals surface area contributed by atoms with Crippen LogP contribution in [0.4, 0.5) is 4.39 Å². The Balaban J connectivity index is 2.15. The van der Waals surface area contributed by atoms with E-state index in [-0.39, 0.29) is 5.70 Å². The monoisotopic (exact) mass is 261 g/mol. The summed E-state index contributed by atoms with van der Waals surface area (Å²) in [6.07, 6.45) is 5.47. The number of aromatic nitrogens is 4. The molecule has 0 aromatic carbocycles. The SMILES string of the molecule is COC(=O)C1=C(n2cnnn2)[C@H]2C=C(F)C=CC2=N1. The topological polar surface area (TPSA) is 82.3 Å². The molecule has 0 spiro atoms. The number of hydrogen-bond acceptors (Lipinski definition) is 6. The molecule has 0 saturated heterocycles. The summed E-state index contributed by atoms with van der Waals surface area (Å²) in [5, 5.41) is 10.7. The van der Waals surface area contributed by atoms with Crippen molar-refractivity contribution in [1.82, 2.24) is 20.2 Å². The molecule has 3 rings (SSSR count). The number of tetrazole rings is 1. The molecule has 2 aliphatic rings. The molecule has 0 amide bonds. The van der Waals surface area contributed by atoms with Crippen molar-refractivity contribution in [2.45, 2.75) is 0 Å². The molecule has 0 fully saturated rings. The Hall–Kier alpha value is -2.64. The van der Waals surface area contributed by atoms with Gasteiger partial charge in [-0.1, -0.05) is 0 Å². The summed E-state index contributed by atoms with van der Waals surface area (Å²) in [6.45, 7) is 0. The molecule has 1 aliphatic carbocycles. The minimum atomic E-state index is -0.616. The number of nitrogens with zero attached hydrogens (tertiary/aromatic N) is 5. The summed E-state index contributed by atoms with van der Waals surface area (Å²) in [6, 6.07) is 0. The molecule has 1 atom stereocenters. The lowest BCUT2D eigenvalue weighted by Gasteiger charge is -2.13. The zero-order valence-electron chi connectivity index (χ0n) is 9.82. The van der Waals surface area contributed by atoms with Gasteiger partial charge in [0.05, 0.1) is 24.4 Å². The maximum absolute atomic E-state index is 13.4. The maximum Gasteiger partial charge on any atom is 0.358 e. The van der Waals surface area contributed by atoms with E-state index < -0.39 is 17.7 Å². The fourth-order valence-electron chi connectivity index (χ4n) is 2.00. The second-order valence-electron chi connectivity index (χ2n) is 3.88. The molecule has 7 nitrogen and oxygen atoms in total. The minimum Gasteiger partial charge on any atom is -0.464 e. The number of hydrogen-bond donors (Lipinski definition) is 0. The van der Waals surface area contributed by atoms with Crippen molar-refractivity contribution in [1.29, 1.82) is 0 Å². The average Bonchev–Trinajstić information content (AvgIpc) is 3.03. The number of esters is 1. The smallest absolute Gasteiger partial charge is 0.358 e. The quantitative estimate of drug-likeness (QED) is 0.724. The van der Waals surface area contributed by atoms with Gasteiger partial charge in [0, 0.05) is 0 Å². The van der Waals surface area contributed by atoms with Crippen molar-refractivity contribution in [3.8, 4) is 0 Å². The largest absolute Gasteiger partial charge is 0.464 e. The standard InChI is InChI=1S/C11H8FN5O2/c1-19-11(18)9-10(17-5-13-15-16-17)7-4-6(12)2-3-8(7)14-9/h2-5,7H,1H3/t7-/m0/s1. The Bertz CT molecular complexity index is 657. The third kappa shape index (κ3) is 1.77. The van der Waals surface area contributed by atoms with Gasteiger partial charge in [0.2, 0.25) is 0 Å². The molecule has 96 valence electrons. The summed E-state index contributed by atoms with van der Waals surface area (Å²) in [5.41, 5.74) is 1.00. The van der Waals surface area contributed by atoms with Crippen LogP contribution in [0.5, 0.6) is 0 Å². The second kappa shape index (κ2) is 4.23. The van der Waals surface area contributed by atoms with Gasteiger partial charge >= 0.3 is 5.97 Å². The highest BCUT2D eigenvalue weighted by molar-refractivity contribution is 6.14. The molecule has 8 heteroatoms. The predicted molar refractivity (Wildman–Crippen MR) is 62.3 cm³/mol. The van der Waals surface area contributed by atoms with Crippen LogP contribution in [0, 0.1) is 5.92 Å². The molecule has 0 saturated carbocycles. The van der Waals surface area contributed by atoms with Gasteiger partial charge in [0.25, 0.3) is 0 Å². The van der Waals surface area contributed by atoms with Crippen LogP contribution < -0.4 is 0 Å². The van der Waals surface area contributed by atoms with Crippen molar-refractivity contribution in [3.05, 3.63) is 36.1 Å². The lowest BCUT2D eigenvalue weighted by molar-refractivity contribution is -0.136. The van der Waals surface area contributed by atoms with Crippen molar-refractivity contribution in [3.63, 3.8) is 0 Å². The Kier molecular flexibility index (Phi) is 2.55. The third-order valence-electron chi connectivity index (χ3n) is 2.81. The first-order chi connectivity index (χ1) is 9.20. The normalized spacial score (nSPS) is 21.1. The van der Waals surface area contributed by atoms with Gasteiger partial charge in [-0.2, -0.15) is 0 Å². The van der Waals surface area contributed by atoms with E-state index in [1.165, 1.54) is 36.3 Å². The minimum absolute atomic E-state index is 0.0744. The van der Waals surface area contributed by atoms with Gasteiger partial charge in [-0.3, -0.25) is 0 Å². The van der Waals surface area contributed by atoms with Gasteiger partial charge in [-0.25, -0.2) is 18.9 Å². The van der Waals surface area contributed by atoms with E-state index in [2.05, 4.69) is 25.3 Å². The zero-order chi connectivity index (χ0) is 13.4. The number of carbonyl (C=O) groups is 1. The van der Waals surface area contributed by atoms with Crippen LogP contribution in [0.3, 0.4) is 0 Å². The third-order valence-corrected chi connectivity index (χ3v) is 2.81. The Morgan fingerprint density at radius 3 is 3.00 bits per heavy atom. The molecule has 0 N–H and O–H groups in total. The van der Waals surface area contributed by atoms with Crippen LogP contribution in [0.2, 0.25) is 0 Å². The van der Waals surface area contributed by atoms with E-state index >= 15 is 0 Å². The number of ether oxygens (including phenoxy) is 1. The maximum atomic E-state index is 13.4. The van der Waals surface area contributed by atoms with Crippen LogP contribution in [0.25, 0.3) is 5.70 Å². The molecule has 0 radical (unpaired) electrons. The summed E-state index contributed by atoms with van der Waals surface area (Å²) < 4.78 is 19.3. The lowest BCUT2D eigenvalue weighted by atomic mass is 9.96. The fourth-order valence-corrected chi connectivity index (χ4v) is 2.00. The van der Waals surface area contributed by atoms with Crippen LogP contribution >= 0.6 is 0 Å². The van der Waals surface area contributed by atoms with Gasteiger partial charge in [0.1, 0.15) is 12.2 Å². The molecule has 0 bridgehead atoms. The van der Waals surface area contributed by atoms with Gasteiger partial charge in [-0.15, -0.1) is 5.10 Å². The van der Waals surface area contributed by atoms with Crippen molar-refractivity contribution < 1.29 is 13.9 Å². The van der Waals surface area contributed by atoms with Crippen molar-refractivity contribution >= 4 is 17.4 Å². The molecule has 1 aromatic rings. The number of rotatable bonds is 2. The van der Waals surface area contributed by atoms with Crippen LogP contribution in [-0.2, 0) is 9.53 Å². The Morgan fingerprint density at radius 2 is 2.32 bits per heavy atom. The van der Waals surface area contributed by atoms with E-state index in [0.29, 0.717) is 11.4 Å². The summed E-state index contributed by atoms with van der Waals surface area (Å²) >= 11 is 0. The van der Waals surface area contributed by atoms with E-state index in [0.717, 1.165) is 0 Å². The fraction of sp³-hybridized carbons (Fsp3) is 0.182. The highest BCUT2D eigenvalue weighted by atomic mass is 19.1. The van der Waals surface area contributed by atoms with Crippen LogP contribution in [-0.4, -0.2) is 39.0 Å². The molecular formula is C11H8FN5O2. The Labute approximate surface area is 106 Å². The first-order valence-corrected chi connectivity index (χ1v) is 5.40. The Morgan fingerprint density at radius 1 is 1.47 bits per heavy atom. The average molecular weight is 261 g/mol. The van der Waals surface area contributed by atoms with Gasteiger partial charge in [-0.05, 0) is 28.7 Å². The number of halogens is 1. The predicted octanol–water partition coefficient (Wildman–Crippen LogP) is 0.509. The van der Waals surface area contributed by atoms with Gasteiger partial charge in [0.15, 0.2) is 5.70 Å². The number of methoxy groups -OCH3 is 1. The first kappa shape index (κ1) is 11.5. The van der Waals surface area contributed by atoms with Crippen molar-refractivity contribution in [2.75, 3.05) is 7.11 Å². The van der Waals surface area contributed by atoms with Crippen LogP contribution in [0.15, 0.2) is 41.1 Å². The highest BCUT2D eigenvalue weighted by Crippen LogP contribution is 2.34. The molecule has 19 heavy (non-hydrogen) atoms. The highest BCUT2D eigenvalue weighted by Gasteiger charge is 2.34. The second-order valence-corrected chi connectivity index (χ2v) is 3.88. The molecule has 1 aliphatic heterocycles. The van der Waals surface area contributed by atoms with E-state index in [1.54, 1.807) is 0 Å². The molecular weight excluding hydrogens is 253 g/mol. The van der Waals surface area contributed by atoms with Gasteiger partial charge < -0.3 is 4.74 Å². The number of allylic oxidation sites excluding steroid dienone is 5. The number of carbonyl (C=O) groups excluding carboxylic acids is 1. The summed E-state index contributed by atoms with van der Waals surface area (Å²) in [4.78, 5) is 15.9.